The number of carbonyl (C=O) groups is 1. The van der Waals surface area contributed by atoms with E-state index in [-0.39, 0.29) is 12.5 Å². The molecule has 8 heteroatoms. The third kappa shape index (κ3) is 5.45. The lowest BCUT2D eigenvalue weighted by Crippen LogP contribution is -2.46. The van der Waals surface area contributed by atoms with E-state index < -0.39 is 0 Å². The smallest absolute Gasteiger partial charge is 0.262 e. The number of benzene rings is 2. The number of ether oxygens (including phenoxy) is 1. The van der Waals surface area contributed by atoms with Crippen molar-refractivity contribution < 1.29 is 9.53 Å². The molecule has 5 nitrogen and oxygen atoms in total. The zero-order chi connectivity index (χ0) is 20.1. The Morgan fingerprint density at radius 3 is 2.43 bits per heavy atom. The molecule has 1 N–H and O–H groups in total. The molecule has 0 radical (unpaired) electrons. The van der Waals surface area contributed by atoms with Crippen LogP contribution in [0.25, 0.3) is 0 Å². The van der Waals surface area contributed by atoms with Gasteiger partial charge >= 0.3 is 0 Å². The van der Waals surface area contributed by atoms with Gasteiger partial charge in [-0.25, -0.2) is 0 Å². The van der Waals surface area contributed by atoms with E-state index in [1.54, 1.807) is 24.3 Å². The molecule has 0 saturated carbocycles. The van der Waals surface area contributed by atoms with Gasteiger partial charge in [-0.2, -0.15) is 0 Å². The minimum atomic E-state index is -0.300. The molecule has 1 fully saturated rings. The average Bonchev–Trinajstić information content (AvgIpc) is 2.67. The minimum Gasteiger partial charge on any atom is -0.482 e. The van der Waals surface area contributed by atoms with Crippen molar-refractivity contribution in [1.29, 1.82) is 0 Å². The van der Waals surface area contributed by atoms with Gasteiger partial charge in [0.1, 0.15) is 5.75 Å². The molecule has 0 aliphatic carbocycles. The second kappa shape index (κ2) is 9.70. The highest BCUT2D eigenvalue weighted by molar-refractivity contribution is 6.35. The van der Waals surface area contributed by atoms with Crippen molar-refractivity contribution in [2.24, 2.45) is 0 Å². The van der Waals surface area contributed by atoms with Crippen LogP contribution < -0.4 is 15.0 Å². The Bertz CT molecular complexity index is 839. The summed E-state index contributed by atoms with van der Waals surface area (Å²) in [4.78, 5) is 16.8. The molecule has 28 heavy (non-hydrogen) atoms. The summed E-state index contributed by atoms with van der Waals surface area (Å²) in [5.41, 5.74) is 1.61. The van der Waals surface area contributed by atoms with E-state index in [2.05, 4.69) is 22.0 Å². The summed E-state index contributed by atoms with van der Waals surface area (Å²) >= 11 is 18.3. The lowest BCUT2D eigenvalue weighted by molar-refractivity contribution is -0.118. The molecular weight excluding hydrogens is 421 g/mol. The van der Waals surface area contributed by atoms with Gasteiger partial charge in [-0.1, -0.05) is 41.7 Å². The molecular formula is C20H22Cl3N3O2. The molecule has 3 rings (SSSR count). The van der Waals surface area contributed by atoms with Crippen LogP contribution in [0.5, 0.6) is 5.75 Å². The summed E-state index contributed by atoms with van der Waals surface area (Å²) in [7, 11) is 0. The molecule has 1 aliphatic heterocycles. The molecule has 0 unspecified atom stereocenters. The van der Waals surface area contributed by atoms with E-state index in [4.69, 9.17) is 39.5 Å². The molecule has 2 aromatic carbocycles. The van der Waals surface area contributed by atoms with Gasteiger partial charge < -0.3 is 19.9 Å². The van der Waals surface area contributed by atoms with Gasteiger partial charge in [0.25, 0.3) is 5.91 Å². The lowest BCUT2D eigenvalue weighted by atomic mass is 10.2. The SMILES string of the molecule is CCN1CCN(c2ccc(NC(=O)COc3ccc(Cl)cc3Cl)cc2Cl)CC1. The molecule has 0 bridgehead atoms. The number of rotatable bonds is 6. The summed E-state index contributed by atoms with van der Waals surface area (Å²) in [5.74, 6) is 0.104. The molecule has 0 spiro atoms. The Kier molecular flexibility index (Phi) is 7.30. The van der Waals surface area contributed by atoms with Crippen LogP contribution in [0, 0.1) is 0 Å². The minimum absolute atomic E-state index is 0.167. The molecule has 0 atom stereocenters. The predicted molar refractivity (Wildman–Crippen MR) is 116 cm³/mol. The largest absolute Gasteiger partial charge is 0.482 e. The van der Waals surface area contributed by atoms with E-state index in [0.717, 1.165) is 38.4 Å². The van der Waals surface area contributed by atoms with Crippen molar-refractivity contribution in [3.63, 3.8) is 0 Å². The maximum atomic E-state index is 12.2. The first kappa shape index (κ1) is 21.1. The monoisotopic (exact) mass is 441 g/mol. The summed E-state index contributed by atoms with van der Waals surface area (Å²) in [6.45, 7) is 7.00. The van der Waals surface area contributed by atoms with E-state index >= 15 is 0 Å². The van der Waals surface area contributed by atoms with Crippen molar-refractivity contribution >= 4 is 52.1 Å². The number of halogens is 3. The number of hydrogen-bond acceptors (Lipinski definition) is 4. The number of amides is 1. The molecule has 150 valence electrons. The fraction of sp³-hybridized carbons (Fsp3) is 0.350. The fourth-order valence-electron chi connectivity index (χ4n) is 3.08. The number of anilines is 2. The zero-order valence-corrected chi connectivity index (χ0v) is 17.8. The topological polar surface area (TPSA) is 44.8 Å². The predicted octanol–water partition coefficient (Wildman–Crippen LogP) is 4.81. The van der Waals surface area contributed by atoms with Gasteiger partial charge in [0.2, 0.25) is 0 Å². The highest BCUT2D eigenvalue weighted by Gasteiger charge is 2.18. The fourth-order valence-corrected chi connectivity index (χ4v) is 3.84. The summed E-state index contributed by atoms with van der Waals surface area (Å²) in [6, 6.07) is 10.4. The third-order valence-electron chi connectivity index (χ3n) is 4.64. The second-order valence-electron chi connectivity index (χ2n) is 6.50. The number of piperazine rings is 1. The number of likely N-dealkylation sites (N-methyl/N-ethyl adjacent to an activating group) is 1. The molecule has 0 aromatic heterocycles. The second-order valence-corrected chi connectivity index (χ2v) is 7.75. The molecule has 1 heterocycles. The van der Waals surface area contributed by atoms with E-state index in [9.17, 15) is 4.79 Å². The Labute approximate surface area is 180 Å². The number of nitrogens with zero attached hydrogens (tertiary/aromatic N) is 2. The molecule has 1 amide bonds. The third-order valence-corrected chi connectivity index (χ3v) is 5.48. The first-order valence-electron chi connectivity index (χ1n) is 9.11. The maximum absolute atomic E-state index is 12.2. The van der Waals surface area contributed by atoms with Crippen molar-refractivity contribution in [3.05, 3.63) is 51.5 Å². The Hall–Kier alpha value is -1.66. The highest BCUT2D eigenvalue weighted by Crippen LogP contribution is 2.30. The summed E-state index contributed by atoms with van der Waals surface area (Å²) in [6.07, 6.45) is 0. The van der Waals surface area contributed by atoms with Crippen molar-refractivity contribution in [3.8, 4) is 5.75 Å². The first-order valence-corrected chi connectivity index (χ1v) is 10.2. The van der Waals surface area contributed by atoms with Crippen LogP contribution in [0.1, 0.15) is 6.92 Å². The number of nitrogens with one attached hydrogen (secondary N) is 1. The van der Waals surface area contributed by atoms with Gasteiger partial charge in [0.05, 0.1) is 15.7 Å². The van der Waals surface area contributed by atoms with Crippen molar-refractivity contribution in [2.75, 3.05) is 49.5 Å². The summed E-state index contributed by atoms with van der Waals surface area (Å²) in [5, 5.41) is 4.27. The first-order chi connectivity index (χ1) is 13.5. The van der Waals surface area contributed by atoms with Gasteiger partial charge in [0.15, 0.2) is 6.61 Å². The van der Waals surface area contributed by atoms with Gasteiger partial charge in [-0.15, -0.1) is 0 Å². The van der Waals surface area contributed by atoms with Crippen LogP contribution >= 0.6 is 34.8 Å². The van der Waals surface area contributed by atoms with Crippen LogP contribution in [0.3, 0.4) is 0 Å². The summed E-state index contributed by atoms with van der Waals surface area (Å²) < 4.78 is 5.45. The maximum Gasteiger partial charge on any atom is 0.262 e. The van der Waals surface area contributed by atoms with Gasteiger partial charge in [0, 0.05) is 36.9 Å². The molecule has 2 aromatic rings. The Morgan fingerprint density at radius 2 is 1.79 bits per heavy atom. The zero-order valence-electron chi connectivity index (χ0n) is 15.6. The van der Waals surface area contributed by atoms with Crippen molar-refractivity contribution in [1.82, 2.24) is 4.90 Å². The van der Waals surface area contributed by atoms with Crippen LogP contribution in [0.4, 0.5) is 11.4 Å². The van der Waals surface area contributed by atoms with E-state index in [1.807, 2.05) is 12.1 Å². The van der Waals surface area contributed by atoms with Gasteiger partial charge in [-0.05, 0) is 42.9 Å². The van der Waals surface area contributed by atoms with Crippen LogP contribution in [-0.4, -0.2) is 50.1 Å². The number of carbonyl (C=O) groups excluding carboxylic acids is 1. The Morgan fingerprint density at radius 1 is 1.04 bits per heavy atom. The lowest BCUT2D eigenvalue weighted by Gasteiger charge is -2.36. The van der Waals surface area contributed by atoms with Crippen LogP contribution in [0.15, 0.2) is 36.4 Å². The average molecular weight is 443 g/mol. The number of hydrogen-bond donors (Lipinski definition) is 1. The van der Waals surface area contributed by atoms with E-state index in [0.29, 0.717) is 26.5 Å². The van der Waals surface area contributed by atoms with Crippen LogP contribution in [-0.2, 0) is 4.79 Å². The molecule has 1 saturated heterocycles. The van der Waals surface area contributed by atoms with E-state index in [1.165, 1.54) is 0 Å². The van der Waals surface area contributed by atoms with Gasteiger partial charge in [-0.3, -0.25) is 4.79 Å². The Balaban J connectivity index is 1.55. The van der Waals surface area contributed by atoms with Crippen molar-refractivity contribution in [2.45, 2.75) is 6.92 Å². The highest BCUT2D eigenvalue weighted by atomic mass is 35.5. The quantitative estimate of drug-likeness (QED) is 0.697. The van der Waals surface area contributed by atoms with Crippen LogP contribution in [0.2, 0.25) is 15.1 Å². The standard InChI is InChI=1S/C20H22Cl3N3O2/c1-2-25-7-9-26(10-8-25)18-5-4-15(12-16(18)22)24-20(27)13-28-19-6-3-14(21)11-17(19)23/h3-6,11-12H,2,7-10,13H2,1H3,(H,24,27). The normalized spacial score (nSPS) is 14.8. The molecule has 1 aliphatic rings.